The summed E-state index contributed by atoms with van der Waals surface area (Å²) in [6.45, 7) is 7.63. The van der Waals surface area contributed by atoms with Crippen molar-refractivity contribution in [1.29, 1.82) is 0 Å². The van der Waals surface area contributed by atoms with Gasteiger partial charge < -0.3 is 14.2 Å². The average Bonchev–Trinajstić information content (AvgIpc) is 3.27. The van der Waals surface area contributed by atoms with E-state index in [2.05, 4.69) is 93.7 Å². The van der Waals surface area contributed by atoms with Gasteiger partial charge in [0.25, 0.3) is 0 Å². The molecule has 0 aromatic rings. The summed E-state index contributed by atoms with van der Waals surface area (Å²) in [5.41, 5.74) is 0. The van der Waals surface area contributed by atoms with E-state index in [0.717, 1.165) is 96.3 Å². The van der Waals surface area contributed by atoms with Crippen LogP contribution in [0.15, 0.2) is 72.9 Å². The molecule has 0 aliphatic heterocycles. The fourth-order valence-electron chi connectivity index (χ4n) is 7.26. The lowest BCUT2D eigenvalue weighted by atomic mass is 10.1. The Kier molecular flexibility index (Phi) is 50.4. The van der Waals surface area contributed by atoms with Crippen LogP contribution in [0, 0.1) is 0 Å². The molecule has 5 nitrogen and oxygen atoms in total. The lowest BCUT2D eigenvalue weighted by molar-refractivity contribution is -0.163. The fourth-order valence-corrected chi connectivity index (χ4v) is 7.26. The summed E-state index contributed by atoms with van der Waals surface area (Å²) in [7, 11) is 0. The smallest absolute Gasteiger partial charge is 0.306 e. The lowest BCUT2D eigenvalue weighted by Crippen LogP contribution is -2.30. The van der Waals surface area contributed by atoms with E-state index in [1.54, 1.807) is 0 Å². The first-order chi connectivity index (χ1) is 30.6. The van der Waals surface area contributed by atoms with Gasteiger partial charge in [-0.3, -0.25) is 9.59 Å². The third kappa shape index (κ3) is 50.0. The third-order valence-electron chi connectivity index (χ3n) is 11.2. The Bertz CT molecular complexity index is 1110. The Morgan fingerprint density at radius 2 is 0.758 bits per heavy atom. The van der Waals surface area contributed by atoms with Crippen LogP contribution in [-0.4, -0.2) is 37.9 Å². The van der Waals surface area contributed by atoms with Crippen molar-refractivity contribution in [3.8, 4) is 0 Å². The highest BCUT2D eigenvalue weighted by atomic mass is 16.6. The van der Waals surface area contributed by atoms with Crippen LogP contribution < -0.4 is 0 Å². The highest BCUT2D eigenvalue weighted by molar-refractivity contribution is 5.70. The number of esters is 2. The zero-order chi connectivity index (χ0) is 44.9. The van der Waals surface area contributed by atoms with Gasteiger partial charge in [0.05, 0.1) is 6.61 Å². The van der Waals surface area contributed by atoms with Crippen molar-refractivity contribution in [2.75, 3.05) is 19.8 Å². The number of ether oxygens (including phenoxy) is 3. The molecule has 1 unspecified atom stereocenters. The van der Waals surface area contributed by atoms with Gasteiger partial charge in [0.1, 0.15) is 6.61 Å². The van der Waals surface area contributed by atoms with Gasteiger partial charge in [-0.05, 0) is 103 Å². The van der Waals surface area contributed by atoms with Crippen molar-refractivity contribution in [3.05, 3.63) is 72.9 Å². The maximum Gasteiger partial charge on any atom is 0.306 e. The normalized spacial score (nSPS) is 12.8. The summed E-state index contributed by atoms with van der Waals surface area (Å²) in [5.74, 6) is -0.424. The summed E-state index contributed by atoms with van der Waals surface area (Å²) in [5, 5.41) is 0. The maximum absolute atomic E-state index is 12.8. The van der Waals surface area contributed by atoms with Gasteiger partial charge in [-0.25, -0.2) is 0 Å². The quantitative estimate of drug-likeness (QED) is 0.0346. The fraction of sp³-hybridized carbons (Fsp3) is 0.754. The number of hydrogen-bond acceptors (Lipinski definition) is 5. The van der Waals surface area contributed by atoms with Crippen LogP contribution in [0.4, 0.5) is 0 Å². The highest BCUT2D eigenvalue weighted by Gasteiger charge is 2.17. The zero-order valence-corrected chi connectivity index (χ0v) is 41.1. The molecule has 0 spiro atoms. The monoisotopic (exact) mass is 865 g/mol. The Hall–Kier alpha value is -2.66. The largest absolute Gasteiger partial charge is 0.462 e. The average molecular weight is 865 g/mol. The molecule has 0 fully saturated rings. The van der Waals surface area contributed by atoms with Crippen molar-refractivity contribution in [2.24, 2.45) is 0 Å². The minimum Gasteiger partial charge on any atom is -0.462 e. The van der Waals surface area contributed by atoms with Crippen molar-refractivity contribution in [1.82, 2.24) is 0 Å². The number of carbonyl (C=O) groups is 2. The molecular formula is C57H100O5. The van der Waals surface area contributed by atoms with Gasteiger partial charge in [0.2, 0.25) is 0 Å². The third-order valence-corrected chi connectivity index (χ3v) is 11.2. The van der Waals surface area contributed by atoms with E-state index in [0.29, 0.717) is 19.4 Å². The van der Waals surface area contributed by atoms with Crippen LogP contribution in [0.3, 0.4) is 0 Å². The summed E-state index contributed by atoms with van der Waals surface area (Å²) < 4.78 is 17.4. The SMILES string of the molecule is CC/C=C\C/C=C\C/C=C\CCCCCCCCCCOCC(COC(=O)CCCCCCC/C=C\CCCCCCCC)OC(=O)CCCCCCC/C=C\C/C=C\CCC. The first-order valence-corrected chi connectivity index (χ1v) is 26.5. The van der Waals surface area contributed by atoms with Crippen LogP contribution in [0.5, 0.6) is 0 Å². The zero-order valence-electron chi connectivity index (χ0n) is 41.1. The standard InChI is InChI=1S/C57H100O5/c1-4-7-10-13-16-19-22-25-27-28-29-31-34-37-40-43-46-49-52-60-53-55(62-57(59)51-48-45-42-39-36-32-24-21-18-15-12-9-6-3)54-61-56(58)50-47-44-41-38-35-33-30-26-23-20-17-14-11-8-5-2/h7,10,12,15-16,19,21,24-27,30,55H,4-6,8-9,11,13-14,17-18,20,22-23,28-29,31-54H2,1-3H3/b10-7-,15-12-,19-16-,24-21-,27-25-,30-26-. The molecule has 0 aromatic carbocycles. The summed E-state index contributed by atoms with van der Waals surface area (Å²) in [6, 6.07) is 0. The Morgan fingerprint density at radius 1 is 0.371 bits per heavy atom. The molecule has 358 valence electrons. The maximum atomic E-state index is 12.8. The molecule has 0 rings (SSSR count). The van der Waals surface area contributed by atoms with E-state index >= 15 is 0 Å². The first kappa shape index (κ1) is 59.3. The Morgan fingerprint density at radius 3 is 1.24 bits per heavy atom. The minimum atomic E-state index is -0.552. The molecule has 0 N–H and O–H groups in total. The second-order valence-corrected chi connectivity index (χ2v) is 17.4. The van der Waals surface area contributed by atoms with Gasteiger partial charge in [-0.15, -0.1) is 0 Å². The lowest BCUT2D eigenvalue weighted by Gasteiger charge is -2.18. The molecule has 0 amide bonds. The van der Waals surface area contributed by atoms with Crippen LogP contribution in [0.2, 0.25) is 0 Å². The van der Waals surface area contributed by atoms with E-state index in [1.165, 1.54) is 122 Å². The van der Waals surface area contributed by atoms with Crippen LogP contribution >= 0.6 is 0 Å². The van der Waals surface area contributed by atoms with E-state index < -0.39 is 6.10 Å². The molecule has 0 aliphatic carbocycles. The summed E-state index contributed by atoms with van der Waals surface area (Å²) >= 11 is 0. The topological polar surface area (TPSA) is 61.8 Å². The number of unbranched alkanes of at least 4 members (excludes halogenated alkanes) is 25. The molecule has 0 aromatic heterocycles. The Labute approximate surface area is 385 Å². The number of carbonyl (C=O) groups excluding carboxylic acids is 2. The molecule has 0 saturated heterocycles. The molecule has 0 heterocycles. The molecule has 0 bridgehead atoms. The van der Waals surface area contributed by atoms with Crippen LogP contribution in [0.25, 0.3) is 0 Å². The van der Waals surface area contributed by atoms with E-state index in [4.69, 9.17) is 14.2 Å². The molecule has 0 aliphatic rings. The molecule has 0 radical (unpaired) electrons. The number of hydrogen-bond donors (Lipinski definition) is 0. The molecule has 5 heteroatoms. The first-order valence-electron chi connectivity index (χ1n) is 26.5. The predicted molar refractivity (Wildman–Crippen MR) is 270 cm³/mol. The van der Waals surface area contributed by atoms with E-state index in [1.807, 2.05) is 0 Å². The van der Waals surface area contributed by atoms with Crippen LogP contribution in [0.1, 0.15) is 252 Å². The molecular weight excluding hydrogens is 765 g/mol. The molecule has 62 heavy (non-hydrogen) atoms. The minimum absolute atomic E-state index is 0.0708. The van der Waals surface area contributed by atoms with Gasteiger partial charge in [0, 0.05) is 19.4 Å². The van der Waals surface area contributed by atoms with Crippen LogP contribution in [-0.2, 0) is 23.8 Å². The van der Waals surface area contributed by atoms with Crippen molar-refractivity contribution in [3.63, 3.8) is 0 Å². The molecule has 1 atom stereocenters. The summed E-state index contributed by atoms with van der Waals surface area (Å²) in [6.07, 6.45) is 67.7. The number of rotatable bonds is 48. The second-order valence-electron chi connectivity index (χ2n) is 17.4. The van der Waals surface area contributed by atoms with Gasteiger partial charge in [0.15, 0.2) is 6.10 Å². The molecule has 0 saturated carbocycles. The predicted octanol–water partition coefficient (Wildman–Crippen LogP) is 17.9. The van der Waals surface area contributed by atoms with Gasteiger partial charge >= 0.3 is 11.9 Å². The van der Waals surface area contributed by atoms with E-state index in [-0.39, 0.29) is 25.2 Å². The van der Waals surface area contributed by atoms with Gasteiger partial charge in [-0.2, -0.15) is 0 Å². The highest BCUT2D eigenvalue weighted by Crippen LogP contribution is 2.14. The Balaban J connectivity index is 4.29. The summed E-state index contributed by atoms with van der Waals surface area (Å²) in [4.78, 5) is 25.4. The van der Waals surface area contributed by atoms with Crippen molar-refractivity contribution >= 4 is 11.9 Å². The van der Waals surface area contributed by atoms with Crippen molar-refractivity contribution in [2.45, 2.75) is 258 Å². The second kappa shape index (κ2) is 52.7. The number of allylic oxidation sites excluding steroid dienone is 12. The van der Waals surface area contributed by atoms with E-state index in [9.17, 15) is 9.59 Å². The van der Waals surface area contributed by atoms with Gasteiger partial charge in [-0.1, -0.05) is 209 Å². The van der Waals surface area contributed by atoms with Crippen molar-refractivity contribution < 1.29 is 23.8 Å².